The van der Waals surface area contributed by atoms with Gasteiger partial charge >= 0.3 is 0 Å². The Balaban J connectivity index is 1.61. The van der Waals surface area contributed by atoms with Gasteiger partial charge in [-0.15, -0.1) is 0 Å². The minimum atomic E-state index is -0.0297. The Hall–Kier alpha value is -2.33. The molecule has 1 N–H and O–H groups in total. The first-order valence-electron chi connectivity index (χ1n) is 8.04. The Labute approximate surface area is 146 Å². The van der Waals surface area contributed by atoms with Gasteiger partial charge < -0.3 is 5.32 Å². The van der Waals surface area contributed by atoms with Gasteiger partial charge in [0.1, 0.15) is 0 Å². The van der Waals surface area contributed by atoms with Crippen molar-refractivity contribution in [1.82, 2.24) is 9.78 Å². The van der Waals surface area contributed by atoms with E-state index in [1.54, 1.807) is 6.20 Å². The largest absolute Gasteiger partial charge is 0.326 e. The maximum atomic E-state index is 12.2. The molecule has 0 radical (unpaired) electrons. The number of fused-ring (bicyclic) bond motifs is 1. The molecule has 0 unspecified atom stereocenters. The van der Waals surface area contributed by atoms with E-state index in [9.17, 15) is 4.79 Å². The topological polar surface area (TPSA) is 46.9 Å². The van der Waals surface area contributed by atoms with Crippen molar-refractivity contribution in [2.45, 2.75) is 32.7 Å². The zero-order valence-electron chi connectivity index (χ0n) is 13.8. The molecule has 0 spiro atoms. The van der Waals surface area contributed by atoms with E-state index in [2.05, 4.69) is 24.3 Å². The molecule has 3 rings (SSSR count). The quantitative estimate of drug-likeness (QED) is 0.721. The van der Waals surface area contributed by atoms with Crippen LogP contribution in [0.1, 0.15) is 31.7 Å². The van der Waals surface area contributed by atoms with Gasteiger partial charge in [0.15, 0.2) is 0 Å². The zero-order chi connectivity index (χ0) is 17.1. The predicted octanol–water partition coefficient (Wildman–Crippen LogP) is 4.84. The fourth-order valence-corrected chi connectivity index (χ4v) is 2.85. The van der Waals surface area contributed by atoms with Crippen molar-refractivity contribution < 1.29 is 4.79 Å². The summed E-state index contributed by atoms with van der Waals surface area (Å²) in [5.74, 6) is 0.452. The third-order valence-corrected chi connectivity index (χ3v) is 4.38. The standard InChI is InChI=1S/C19H20ClN3O/c1-13(2)14-6-8-15(9-7-14)22-19(24)10-11-23-18-5-3-4-17(20)16(18)12-21-23/h3-9,12-13H,10-11H2,1-2H3,(H,22,24). The summed E-state index contributed by atoms with van der Waals surface area (Å²) in [4.78, 5) is 12.2. The molecule has 0 aliphatic heterocycles. The van der Waals surface area contributed by atoms with Crippen LogP contribution < -0.4 is 5.32 Å². The number of hydrogen-bond donors (Lipinski definition) is 1. The van der Waals surface area contributed by atoms with Gasteiger partial charge in [-0.25, -0.2) is 0 Å². The Morgan fingerprint density at radius 1 is 1.21 bits per heavy atom. The number of amides is 1. The molecule has 5 heteroatoms. The smallest absolute Gasteiger partial charge is 0.226 e. The number of aromatic nitrogens is 2. The summed E-state index contributed by atoms with van der Waals surface area (Å²) in [5.41, 5.74) is 3.02. The number of rotatable bonds is 5. The van der Waals surface area contributed by atoms with Gasteiger partial charge in [-0.05, 0) is 35.7 Å². The van der Waals surface area contributed by atoms with Crippen molar-refractivity contribution in [1.29, 1.82) is 0 Å². The van der Waals surface area contributed by atoms with Gasteiger partial charge in [-0.1, -0.05) is 43.6 Å². The van der Waals surface area contributed by atoms with Crippen LogP contribution >= 0.6 is 11.6 Å². The van der Waals surface area contributed by atoms with E-state index in [4.69, 9.17) is 11.6 Å². The lowest BCUT2D eigenvalue weighted by Crippen LogP contribution is -2.15. The van der Waals surface area contributed by atoms with Crippen molar-refractivity contribution >= 4 is 34.1 Å². The fourth-order valence-electron chi connectivity index (χ4n) is 2.63. The van der Waals surface area contributed by atoms with Gasteiger partial charge in [-0.3, -0.25) is 9.48 Å². The Bertz CT molecular complexity index is 853. The van der Waals surface area contributed by atoms with Crippen LogP contribution in [0.5, 0.6) is 0 Å². The number of hydrogen-bond acceptors (Lipinski definition) is 2. The molecular formula is C19H20ClN3O. The van der Waals surface area contributed by atoms with E-state index in [-0.39, 0.29) is 5.91 Å². The molecule has 0 atom stereocenters. The highest BCUT2D eigenvalue weighted by Gasteiger charge is 2.08. The molecule has 4 nitrogen and oxygen atoms in total. The number of benzene rings is 2. The third kappa shape index (κ3) is 3.60. The number of anilines is 1. The lowest BCUT2D eigenvalue weighted by atomic mass is 10.0. The number of halogens is 1. The number of aryl methyl sites for hydroxylation is 1. The monoisotopic (exact) mass is 341 g/mol. The normalized spacial score (nSPS) is 11.2. The summed E-state index contributed by atoms with van der Waals surface area (Å²) in [6.07, 6.45) is 2.09. The van der Waals surface area contributed by atoms with Gasteiger partial charge in [0.05, 0.1) is 23.3 Å². The van der Waals surface area contributed by atoms with Gasteiger partial charge in [0.2, 0.25) is 5.91 Å². The zero-order valence-corrected chi connectivity index (χ0v) is 14.5. The minimum absolute atomic E-state index is 0.0297. The van der Waals surface area contributed by atoms with E-state index < -0.39 is 0 Å². The summed E-state index contributed by atoms with van der Waals surface area (Å²) in [6, 6.07) is 13.7. The molecule has 3 aromatic rings. The van der Waals surface area contributed by atoms with E-state index in [0.29, 0.717) is 23.9 Å². The van der Waals surface area contributed by atoms with E-state index >= 15 is 0 Å². The molecular weight excluding hydrogens is 322 g/mol. The maximum Gasteiger partial charge on any atom is 0.226 e. The average Bonchev–Trinajstić information content (AvgIpc) is 2.98. The Kier molecular flexibility index (Phi) is 4.86. The van der Waals surface area contributed by atoms with Crippen LogP contribution in [0.3, 0.4) is 0 Å². The summed E-state index contributed by atoms with van der Waals surface area (Å²) in [6.45, 7) is 4.81. The second-order valence-electron chi connectivity index (χ2n) is 6.12. The molecule has 0 bridgehead atoms. The molecule has 1 aromatic heterocycles. The van der Waals surface area contributed by atoms with Crippen molar-refractivity contribution in [3.05, 3.63) is 59.2 Å². The highest BCUT2D eigenvalue weighted by Crippen LogP contribution is 2.23. The Morgan fingerprint density at radius 3 is 2.67 bits per heavy atom. The Morgan fingerprint density at radius 2 is 1.96 bits per heavy atom. The van der Waals surface area contributed by atoms with Crippen molar-refractivity contribution in [2.75, 3.05) is 5.32 Å². The summed E-state index contributed by atoms with van der Waals surface area (Å²) in [7, 11) is 0. The number of carbonyl (C=O) groups excluding carboxylic acids is 1. The van der Waals surface area contributed by atoms with Gasteiger partial charge in [-0.2, -0.15) is 5.10 Å². The highest BCUT2D eigenvalue weighted by atomic mass is 35.5. The maximum absolute atomic E-state index is 12.2. The van der Waals surface area contributed by atoms with Crippen LogP contribution in [0.25, 0.3) is 10.9 Å². The van der Waals surface area contributed by atoms with Crippen LogP contribution in [-0.2, 0) is 11.3 Å². The predicted molar refractivity (Wildman–Crippen MR) is 98.5 cm³/mol. The summed E-state index contributed by atoms with van der Waals surface area (Å²) >= 11 is 6.14. The van der Waals surface area contributed by atoms with E-state index in [1.807, 2.05) is 47.1 Å². The van der Waals surface area contributed by atoms with E-state index in [1.165, 1.54) is 5.56 Å². The third-order valence-electron chi connectivity index (χ3n) is 4.05. The molecule has 0 saturated carbocycles. The first kappa shape index (κ1) is 16.5. The minimum Gasteiger partial charge on any atom is -0.326 e. The lowest BCUT2D eigenvalue weighted by molar-refractivity contribution is -0.116. The van der Waals surface area contributed by atoms with Gasteiger partial charge in [0, 0.05) is 17.5 Å². The summed E-state index contributed by atoms with van der Waals surface area (Å²) in [5, 5.41) is 8.82. The van der Waals surface area contributed by atoms with Crippen LogP contribution in [-0.4, -0.2) is 15.7 Å². The van der Waals surface area contributed by atoms with Crippen LogP contribution in [0.2, 0.25) is 5.02 Å². The van der Waals surface area contributed by atoms with E-state index in [0.717, 1.165) is 16.6 Å². The molecule has 0 aliphatic carbocycles. The van der Waals surface area contributed by atoms with Crippen molar-refractivity contribution in [3.63, 3.8) is 0 Å². The molecule has 0 fully saturated rings. The van der Waals surface area contributed by atoms with Crippen LogP contribution in [0.4, 0.5) is 5.69 Å². The lowest BCUT2D eigenvalue weighted by Gasteiger charge is -2.09. The second kappa shape index (κ2) is 7.05. The van der Waals surface area contributed by atoms with Crippen LogP contribution in [0, 0.1) is 0 Å². The molecule has 24 heavy (non-hydrogen) atoms. The molecule has 2 aromatic carbocycles. The SMILES string of the molecule is CC(C)c1ccc(NC(=O)CCn2ncc3c(Cl)cccc32)cc1. The number of nitrogens with one attached hydrogen (secondary N) is 1. The highest BCUT2D eigenvalue weighted by molar-refractivity contribution is 6.35. The van der Waals surface area contributed by atoms with Crippen LogP contribution in [0.15, 0.2) is 48.7 Å². The molecule has 1 heterocycles. The number of carbonyl (C=O) groups is 1. The number of nitrogens with zero attached hydrogens (tertiary/aromatic N) is 2. The fraction of sp³-hybridized carbons (Fsp3) is 0.263. The second-order valence-corrected chi connectivity index (χ2v) is 6.52. The molecule has 0 aliphatic rings. The van der Waals surface area contributed by atoms with Crippen molar-refractivity contribution in [3.8, 4) is 0 Å². The molecule has 124 valence electrons. The first-order chi connectivity index (χ1) is 11.5. The summed E-state index contributed by atoms with van der Waals surface area (Å²) < 4.78 is 1.81. The average molecular weight is 342 g/mol. The molecule has 1 amide bonds. The van der Waals surface area contributed by atoms with Gasteiger partial charge in [0.25, 0.3) is 0 Å². The molecule has 0 saturated heterocycles. The first-order valence-corrected chi connectivity index (χ1v) is 8.42. The van der Waals surface area contributed by atoms with Crippen molar-refractivity contribution in [2.24, 2.45) is 0 Å².